The molecule has 0 aliphatic heterocycles. The van der Waals surface area contributed by atoms with Crippen molar-refractivity contribution in [2.45, 2.75) is 39.5 Å². The number of esters is 1. The van der Waals surface area contributed by atoms with Crippen LogP contribution in [0.3, 0.4) is 0 Å². The molecule has 0 saturated carbocycles. The lowest BCUT2D eigenvalue weighted by atomic mass is 9.89. The van der Waals surface area contributed by atoms with Crippen molar-refractivity contribution < 1.29 is 13.9 Å². The van der Waals surface area contributed by atoms with Crippen LogP contribution in [-0.4, -0.2) is 27.7 Å². The van der Waals surface area contributed by atoms with Crippen molar-refractivity contribution in [3.05, 3.63) is 65.5 Å². The number of furan rings is 1. The van der Waals surface area contributed by atoms with Crippen LogP contribution in [0.5, 0.6) is 0 Å². The van der Waals surface area contributed by atoms with E-state index in [1.807, 2.05) is 29.6 Å². The van der Waals surface area contributed by atoms with Gasteiger partial charge in [-0.1, -0.05) is 43.2 Å². The van der Waals surface area contributed by atoms with E-state index in [9.17, 15) is 4.79 Å². The van der Waals surface area contributed by atoms with Gasteiger partial charge in [0.1, 0.15) is 5.69 Å². The van der Waals surface area contributed by atoms with Crippen molar-refractivity contribution in [2.24, 2.45) is 0 Å². The van der Waals surface area contributed by atoms with Crippen molar-refractivity contribution in [3.8, 4) is 22.7 Å². The van der Waals surface area contributed by atoms with Crippen LogP contribution in [0.2, 0.25) is 0 Å². The van der Waals surface area contributed by atoms with Crippen molar-refractivity contribution >= 4 is 11.6 Å². The van der Waals surface area contributed by atoms with E-state index in [-0.39, 0.29) is 5.97 Å². The number of carbonyl (C=O) groups excluding carboxylic acids is 1. The van der Waals surface area contributed by atoms with Crippen LogP contribution < -0.4 is 0 Å². The highest BCUT2D eigenvalue weighted by atomic mass is 16.5. The first-order valence-electron chi connectivity index (χ1n) is 10.1. The Kier molecular flexibility index (Phi) is 5.40. The quantitative estimate of drug-likeness (QED) is 0.407. The minimum absolute atomic E-state index is 0.257. The molecule has 30 heavy (non-hydrogen) atoms. The number of aromatic nitrogens is 3. The fraction of sp³-hybridized carbons (Fsp3) is 0.292. The molecule has 1 unspecified atom stereocenters. The minimum atomic E-state index is -0.413. The van der Waals surface area contributed by atoms with Gasteiger partial charge in [0, 0.05) is 22.9 Å². The molecule has 0 aliphatic rings. The van der Waals surface area contributed by atoms with Gasteiger partial charge in [-0.3, -0.25) is 4.79 Å². The number of hydrogen-bond acceptors (Lipinski definition) is 5. The number of ether oxygens (including phenoxy) is 1. The average molecular weight is 403 g/mol. The van der Waals surface area contributed by atoms with Crippen LogP contribution >= 0.6 is 0 Å². The predicted octanol–water partition coefficient (Wildman–Crippen LogP) is 5.33. The summed E-state index contributed by atoms with van der Waals surface area (Å²) in [5, 5.41) is 4.79. The molecule has 0 N–H and O–H groups in total. The zero-order chi connectivity index (χ0) is 21.3. The molecule has 6 heteroatoms. The number of benzene rings is 1. The monoisotopic (exact) mass is 403 g/mol. The van der Waals surface area contributed by atoms with Gasteiger partial charge < -0.3 is 9.15 Å². The predicted molar refractivity (Wildman–Crippen MR) is 115 cm³/mol. The molecule has 3 heterocycles. The van der Waals surface area contributed by atoms with Crippen molar-refractivity contribution in [1.82, 2.24) is 14.6 Å². The first-order chi connectivity index (χ1) is 14.5. The number of methoxy groups -OCH3 is 1. The second-order valence-corrected chi connectivity index (χ2v) is 7.47. The summed E-state index contributed by atoms with van der Waals surface area (Å²) < 4.78 is 12.5. The molecule has 0 amide bonds. The van der Waals surface area contributed by atoms with Crippen LogP contribution in [-0.2, 0) is 9.53 Å². The molecule has 3 aromatic heterocycles. The number of rotatable bonds is 6. The maximum atomic E-state index is 12.7. The molecule has 154 valence electrons. The molecule has 0 aliphatic carbocycles. The summed E-state index contributed by atoms with van der Waals surface area (Å²) in [6.45, 7) is 6.05. The molecule has 0 saturated heterocycles. The van der Waals surface area contributed by atoms with Crippen LogP contribution in [0.1, 0.15) is 42.5 Å². The fourth-order valence-electron chi connectivity index (χ4n) is 3.90. The summed E-state index contributed by atoms with van der Waals surface area (Å²) in [5.41, 5.74) is 6.06. The number of nitrogens with zero attached hydrogens (tertiary/aromatic N) is 3. The highest BCUT2D eigenvalue weighted by Crippen LogP contribution is 2.36. The Bertz CT molecular complexity index is 1170. The Morgan fingerprint density at radius 1 is 1.20 bits per heavy atom. The summed E-state index contributed by atoms with van der Waals surface area (Å²) in [5.74, 6) is 0.00461. The standard InChI is InChI=1S/C24H25N3O3/c1-5-7-18(24(28)29-4)22-16(3)25-21-14-19(20-8-6-13-30-20)26-27(21)23(22)17-11-9-15(2)10-12-17/h6,8-14,18H,5,7H2,1-4H3. The zero-order valence-corrected chi connectivity index (χ0v) is 17.7. The van der Waals surface area contributed by atoms with Gasteiger partial charge in [0.2, 0.25) is 0 Å². The second kappa shape index (κ2) is 8.14. The van der Waals surface area contributed by atoms with E-state index in [4.69, 9.17) is 19.2 Å². The lowest BCUT2D eigenvalue weighted by Gasteiger charge is -2.21. The third-order valence-corrected chi connectivity index (χ3v) is 5.34. The highest BCUT2D eigenvalue weighted by Gasteiger charge is 2.29. The van der Waals surface area contributed by atoms with E-state index in [2.05, 4.69) is 38.1 Å². The van der Waals surface area contributed by atoms with Crippen molar-refractivity contribution in [2.75, 3.05) is 7.11 Å². The lowest BCUT2D eigenvalue weighted by Crippen LogP contribution is -2.19. The first-order valence-corrected chi connectivity index (χ1v) is 10.1. The van der Waals surface area contributed by atoms with Gasteiger partial charge in [0.25, 0.3) is 0 Å². The Morgan fingerprint density at radius 2 is 1.97 bits per heavy atom. The molecule has 1 atom stereocenters. The molecule has 1 aromatic carbocycles. The highest BCUT2D eigenvalue weighted by molar-refractivity contribution is 5.83. The van der Waals surface area contributed by atoms with E-state index in [0.29, 0.717) is 23.5 Å². The zero-order valence-electron chi connectivity index (χ0n) is 17.7. The first kappa shape index (κ1) is 19.9. The van der Waals surface area contributed by atoms with Crippen LogP contribution in [0.4, 0.5) is 0 Å². The summed E-state index contributed by atoms with van der Waals surface area (Å²) in [6.07, 6.45) is 3.14. The van der Waals surface area contributed by atoms with Gasteiger partial charge in [0.15, 0.2) is 11.4 Å². The Hall–Kier alpha value is -3.41. The summed E-state index contributed by atoms with van der Waals surface area (Å²) >= 11 is 0. The van der Waals surface area contributed by atoms with Crippen molar-refractivity contribution in [1.29, 1.82) is 0 Å². The van der Waals surface area contributed by atoms with Crippen LogP contribution in [0.15, 0.2) is 53.1 Å². The Morgan fingerprint density at radius 3 is 2.60 bits per heavy atom. The van der Waals surface area contributed by atoms with E-state index >= 15 is 0 Å². The Labute approximate surface area is 175 Å². The topological polar surface area (TPSA) is 69.6 Å². The van der Waals surface area contributed by atoms with Gasteiger partial charge in [-0.25, -0.2) is 9.50 Å². The van der Waals surface area contributed by atoms with E-state index in [1.54, 1.807) is 6.26 Å². The molecule has 0 bridgehead atoms. The van der Waals surface area contributed by atoms with E-state index in [0.717, 1.165) is 34.5 Å². The molecule has 0 radical (unpaired) electrons. The number of fused-ring (bicyclic) bond motifs is 1. The number of carbonyl (C=O) groups is 1. The van der Waals surface area contributed by atoms with Crippen LogP contribution in [0, 0.1) is 13.8 Å². The maximum absolute atomic E-state index is 12.7. The molecule has 0 spiro atoms. The van der Waals surface area contributed by atoms with Gasteiger partial charge in [0.05, 0.1) is 25.0 Å². The van der Waals surface area contributed by atoms with Gasteiger partial charge in [-0.15, -0.1) is 0 Å². The SMILES string of the molecule is CCCC(C(=O)OC)c1c(C)nc2cc(-c3ccco3)nn2c1-c1ccc(C)cc1. The third-order valence-electron chi connectivity index (χ3n) is 5.34. The van der Waals surface area contributed by atoms with Crippen LogP contribution in [0.25, 0.3) is 28.4 Å². The molecule has 0 fully saturated rings. The Balaban J connectivity index is 2.04. The third kappa shape index (κ3) is 3.49. The van der Waals surface area contributed by atoms with Gasteiger partial charge >= 0.3 is 5.97 Å². The average Bonchev–Trinajstić information content (AvgIpc) is 3.41. The largest absolute Gasteiger partial charge is 0.469 e. The summed E-state index contributed by atoms with van der Waals surface area (Å²) in [7, 11) is 1.43. The normalized spacial score (nSPS) is 12.3. The maximum Gasteiger partial charge on any atom is 0.313 e. The number of aryl methyl sites for hydroxylation is 2. The second-order valence-electron chi connectivity index (χ2n) is 7.47. The van der Waals surface area contributed by atoms with Crippen molar-refractivity contribution in [3.63, 3.8) is 0 Å². The number of hydrogen-bond donors (Lipinski definition) is 0. The summed E-state index contributed by atoms with van der Waals surface area (Å²) in [6, 6.07) is 13.8. The van der Waals surface area contributed by atoms with E-state index in [1.165, 1.54) is 7.11 Å². The van der Waals surface area contributed by atoms with E-state index < -0.39 is 5.92 Å². The molecular weight excluding hydrogens is 378 g/mol. The minimum Gasteiger partial charge on any atom is -0.469 e. The van der Waals surface area contributed by atoms with Gasteiger partial charge in [-0.05, 0) is 32.4 Å². The fourth-order valence-corrected chi connectivity index (χ4v) is 3.90. The van der Waals surface area contributed by atoms with Gasteiger partial charge in [-0.2, -0.15) is 5.10 Å². The smallest absolute Gasteiger partial charge is 0.313 e. The lowest BCUT2D eigenvalue weighted by molar-refractivity contribution is -0.142. The molecule has 4 aromatic rings. The molecular formula is C24H25N3O3. The molecule has 6 nitrogen and oxygen atoms in total. The molecule has 4 rings (SSSR count). The summed E-state index contributed by atoms with van der Waals surface area (Å²) in [4.78, 5) is 17.5.